The summed E-state index contributed by atoms with van der Waals surface area (Å²) in [7, 11) is 0. The number of carboxylic acid groups (broad SMARTS) is 1. The minimum atomic E-state index is -0.959. The number of nitrogens with one attached hydrogen (secondary N) is 1. The maximum absolute atomic E-state index is 12.0. The third-order valence-corrected chi connectivity index (χ3v) is 4.67. The van der Waals surface area contributed by atoms with Crippen molar-refractivity contribution in [2.75, 3.05) is 11.9 Å². The van der Waals surface area contributed by atoms with Crippen molar-refractivity contribution in [1.29, 1.82) is 0 Å². The average Bonchev–Trinajstić information content (AvgIpc) is 3.14. The predicted octanol–water partition coefficient (Wildman–Crippen LogP) is 2.20. The first kappa shape index (κ1) is 15.5. The van der Waals surface area contributed by atoms with E-state index in [9.17, 15) is 14.4 Å². The summed E-state index contributed by atoms with van der Waals surface area (Å²) in [5, 5.41) is 12.0. The smallest absolute Gasteiger partial charge is 0.341 e. The summed E-state index contributed by atoms with van der Waals surface area (Å²) in [4.78, 5) is 35.7. The molecule has 6 nitrogen and oxygen atoms in total. The molecule has 2 unspecified atom stereocenters. The zero-order valence-corrected chi connectivity index (χ0v) is 12.9. The molecular weight excluding hydrogens is 294 g/mol. The number of carbonyl (C=O) groups excluding carboxylic acids is 2. The number of carbonyl (C=O) groups is 3. The fourth-order valence-corrected chi connectivity index (χ4v) is 3.18. The normalized spacial score (nSPS) is 20.0. The summed E-state index contributed by atoms with van der Waals surface area (Å²) < 4.78 is 5.00. The van der Waals surface area contributed by atoms with Crippen molar-refractivity contribution in [1.82, 2.24) is 0 Å². The number of thiophene rings is 1. The van der Waals surface area contributed by atoms with Gasteiger partial charge in [0.15, 0.2) is 0 Å². The van der Waals surface area contributed by atoms with Crippen LogP contribution >= 0.6 is 11.3 Å². The van der Waals surface area contributed by atoms with Crippen LogP contribution in [0.15, 0.2) is 0 Å². The average molecular weight is 311 g/mol. The number of aryl methyl sites for hydroxylation is 1. The fraction of sp³-hybridized carbons (Fsp3) is 0.500. The Labute approximate surface area is 126 Å². The van der Waals surface area contributed by atoms with Gasteiger partial charge in [0.2, 0.25) is 5.91 Å². The van der Waals surface area contributed by atoms with E-state index in [0.29, 0.717) is 17.0 Å². The standard InChI is InChI=1S/C14H17NO5S/c1-4-20-14(19)10-6(2)7(3)21-12(10)15-11(16)8-5-9(8)13(17)18/h8-9H,4-5H2,1-3H3,(H,15,16)(H,17,18). The van der Waals surface area contributed by atoms with Crippen molar-refractivity contribution in [3.8, 4) is 0 Å². The molecule has 7 heteroatoms. The van der Waals surface area contributed by atoms with Crippen LogP contribution in [0.1, 0.15) is 34.1 Å². The lowest BCUT2D eigenvalue weighted by Crippen LogP contribution is -2.18. The molecule has 1 amide bonds. The highest BCUT2D eigenvalue weighted by Crippen LogP contribution is 2.41. The number of ether oxygens (including phenoxy) is 1. The van der Waals surface area contributed by atoms with Gasteiger partial charge in [0, 0.05) is 4.88 Å². The number of hydrogen-bond acceptors (Lipinski definition) is 5. The number of aliphatic carboxylic acids is 1. The molecule has 0 radical (unpaired) electrons. The lowest BCUT2D eigenvalue weighted by molar-refractivity contribution is -0.139. The summed E-state index contributed by atoms with van der Waals surface area (Å²) in [6, 6.07) is 0. The Kier molecular flexibility index (Phi) is 4.32. The van der Waals surface area contributed by atoms with Crippen molar-refractivity contribution >= 4 is 34.2 Å². The number of hydrogen-bond donors (Lipinski definition) is 2. The van der Waals surface area contributed by atoms with Gasteiger partial charge in [-0.15, -0.1) is 11.3 Å². The van der Waals surface area contributed by atoms with Gasteiger partial charge in [-0.25, -0.2) is 4.79 Å². The SMILES string of the molecule is CCOC(=O)c1c(NC(=O)C2CC2C(=O)O)sc(C)c1C. The molecule has 1 fully saturated rings. The first-order chi connectivity index (χ1) is 9.86. The second kappa shape index (κ2) is 5.85. The zero-order valence-electron chi connectivity index (χ0n) is 12.1. The fourth-order valence-electron chi connectivity index (χ4n) is 2.13. The highest BCUT2D eigenvalue weighted by atomic mass is 32.1. The van der Waals surface area contributed by atoms with E-state index in [1.54, 1.807) is 13.8 Å². The van der Waals surface area contributed by atoms with E-state index in [1.807, 2.05) is 6.92 Å². The summed E-state index contributed by atoms with van der Waals surface area (Å²) >= 11 is 1.30. The van der Waals surface area contributed by atoms with Crippen LogP contribution in [0.5, 0.6) is 0 Å². The van der Waals surface area contributed by atoms with Crippen molar-refractivity contribution in [3.63, 3.8) is 0 Å². The van der Waals surface area contributed by atoms with Crippen LogP contribution in [-0.4, -0.2) is 29.6 Å². The number of amides is 1. The van der Waals surface area contributed by atoms with Gasteiger partial charge in [0.05, 0.1) is 24.0 Å². The van der Waals surface area contributed by atoms with Gasteiger partial charge in [-0.1, -0.05) is 0 Å². The van der Waals surface area contributed by atoms with Crippen LogP contribution in [0.25, 0.3) is 0 Å². The minimum Gasteiger partial charge on any atom is -0.481 e. The first-order valence-corrected chi connectivity index (χ1v) is 7.49. The van der Waals surface area contributed by atoms with Gasteiger partial charge in [0.1, 0.15) is 5.00 Å². The molecule has 114 valence electrons. The highest BCUT2D eigenvalue weighted by molar-refractivity contribution is 7.16. The molecule has 1 aliphatic carbocycles. The Bertz CT molecular complexity index is 607. The maximum Gasteiger partial charge on any atom is 0.341 e. The van der Waals surface area contributed by atoms with Gasteiger partial charge in [-0.2, -0.15) is 0 Å². The Morgan fingerprint density at radius 3 is 2.52 bits per heavy atom. The Hall–Kier alpha value is -1.89. The number of esters is 1. The van der Waals surface area contributed by atoms with Gasteiger partial charge >= 0.3 is 11.9 Å². The molecule has 0 aliphatic heterocycles. The van der Waals surface area contributed by atoms with E-state index in [4.69, 9.17) is 9.84 Å². The molecule has 1 heterocycles. The Balaban J connectivity index is 2.17. The summed E-state index contributed by atoms with van der Waals surface area (Å²) in [5.74, 6) is -2.91. The Morgan fingerprint density at radius 1 is 1.33 bits per heavy atom. The van der Waals surface area contributed by atoms with E-state index >= 15 is 0 Å². The molecular formula is C14H17NO5S. The molecule has 21 heavy (non-hydrogen) atoms. The molecule has 0 saturated heterocycles. The molecule has 0 aromatic carbocycles. The molecule has 1 saturated carbocycles. The van der Waals surface area contributed by atoms with Gasteiger partial charge < -0.3 is 15.2 Å². The van der Waals surface area contributed by atoms with E-state index in [0.717, 1.165) is 10.4 Å². The molecule has 1 aromatic heterocycles. The van der Waals surface area contributed by atoms with E-state index in [2.05, 4.69) is 5.32 Å². The maximum atomic E-state index is 12.0. The highest BCUT2D eigenvalue weighted by Gasteiger charge is 2.48. The number of rotatable bonds is 5. The van der Waals surface area contributed by atoms with E-state index < -0.39 is 23.8 Å². The minimum absolute atomic E-state index is 0.254. The molecule has 1 aliphatic rings. The second-order valence-corrected chi connectivity index (χ2v) is 6.21. The van der Waals surface area contributed by atoms with Gasteiger partial charge in [-0.3, -0.25) is 9.59 Å². The number of anilines is 1. The molecule has 2 N–H and O–H groups in total. The first-order valence-electron chi connectivity index (χ1n) is 6.67. The van der Waals surface area contributed by atoms with Crippen LogP contribution in [0.2, 0.25) is 0 Å². The zero-order chi connectivity index (χ0) is 15.7. The number of carboxylic acids is 1. The third-order valence-electron chi connectivity index (χ3n) is 3.55. The molecule has 0 bridgehead atoms. The van der Waals surface area contributed by atoms with Gasteiger partial charge in [-0.05, 0) is 32.8 Å². The van der Waals surface area contributed by atoms with Crippen LogP contribution in [0.3, 0.4) is 0 Å². The second-order valence-electron chi connectivity index (χ2n) is 4.98. The van der Waals surface area contributed by atoms with E-state index in [-0.39, 0.29) is 12.5 Å². The molecule has 2 atom stereocenters. The van der Waals surface area contributed by atoms with Crippen molar-refractivity contribution in [2.24, 2.45) is 11.8 Å². The van der Waals surface area contributed by atoms with Crippen molar-refractivity contribution in [3.05, 3.63) is 16.0 Å². The summed E-state index contributed by atoms with van der Waals surface area (Å²) in [6.45, 7) is 5.62. The lowest BCUT2D eigenvalue weighted by atomic mass is 10.1. The Morgan fingerprint density at radius 2 is 2.00 bits per heavy atom. The van der Waals surface area contributed by atoms with Gasteiger partial charge in [0.25, 0.3) is 0 Å². The quantitative estimate of drug-likeness (QED) is 0.813. The summed E-state index contributed by atoms with van der Waals surface area (Å²) in [5.41, 5.74) is 1.14. The third kappa shape index (κ3) is 3.07. The van der Waals surface area contributed by atoms with Crippen LogP contribution in [0.4, 0.5) is 5.00 Å². The predicted molar refractivity (Wildman–Crippen MR) is 77.6 cm³/mol. The summed E-state index contributed by atoms with van der Waals surface area (Å²) in [6.07, 6.45) is 0.346. The van der Waals surface area contributed by atoms with Crippen molar-refractivity contribution in [2.45, 2.75) is 27.2 Å². The van der Waals surface area contributed by atoms with Crippen LogP contribution in [-0.2, 0) is 14.3 Å². The van der Waals surface area contributed by atoms with Crippen LogP contribution in [0, 0.1) is 25.7 Å². The topological polar surface area (TPSA) is 92.7 Å². The molecule has 0 spiro atoms. The molecule has 2 rings (SSSR count). The molecule has 1 aromatic rings. The lowest BCUT2D eigenvalue weighted by Gasteiger charge is -2.06. The van der Waals surface area contributed by atoms with E-state index in [1.165, 1.54) is 11.3 Å². The van der Waals surface area contributed by atoms with Crippen LogP contribution < -0.4 is 5.32 Å². The monoisotopic (exact) mass is 311 g/mol. The largest absolute Gasteiger partial charge is 0.481 e. The van der Waals surface area contributed by atoms with Crippen molar-refractivity contribution < 1.29 is 24.2 Å².